The quantitative estimate of drug-likeness (QED) is 0.243. The van der Waals surface area contributed by atoms with Gasteiger partial charge in [-0.25, -0.2) is 0 Å². The summed E-state index contributed by atoms with van der Waals surface area (Å²) in [6.07, 6.45) is 16.3. The van der Waals surface area contributed by atoms with Crippen LogP contribution in [-0.2, 0) is 10.8 Å². The third-order valence-electron chi connectivity index (χ3n) is 10.4. The molecule has 3 aromatic carbocycles. The topological polar surface area (TPSA) is 60.7 Å². The maximum absolute atomic E-state index is 10.1. The second-order valence-corrected chi connectivity index (χ2v) is 12.4. The van der Waals surface area contributed by atoms with Gasteiger partial charge in [0.25, 0.3) is 0 Å². The molecule has 2 saturated carbocycles. The zero-order chi connectivity index (χ0) is 27.3. The van der Waals surface area contributed by atoms with Crippen molar-refractivity contribution in [2.24, 2.45) is 11.8 Å². The monoisotopic (exact) mass is 526 g/mol. The summed E-state index contributed by atoms with van der Waals surface area (Å²) in [6.45, 7) is 2.29. The van der Waals surface area contributed by atoms with Crippen LogP contribution in [0.1, 0.15) is 107 Å². The third kappa shape index (κ3) is 5.83. The molecule has 0 saturated heterocycles. The molecule has 208 valence electrons. The van der Waals surface area contributed by atoms with Crippen LogP contribution in [0.2, 0.25) is 0 Å². The van der Waals surface area contributed by atoms with Gasteiger partial charge < -0.3 is 15.3 Å². The summed E-state index contributed by atoms with van der Waals surface area (Å²) in [4.78, 5) is 0. The smallest absolute Gasteiger partial charge is 0.115 e. The molecule has 39 heavy (non-hydrogen) atoms. The lowest BCUT2D eigenvalue weighted by molar-refractivity contribution is 0.103. The van der Waals surface area contributed by atoms with E-state index in [0.717, 1.165) is 31.6 Å². The van der Waals surface area contributed by atoms with Crippen molar-refractivity contribution in [2.45, 2.75) is 101 Å². The van der Waals surface area contributed by atoms with Crippen molar-refractivity contribution >= 4 is 0 Å². The standard InChI is InChI=1S/C36H46O3/c1-2-3-4-5-6-27-19-23-35(24-20-27,28-7-13-32(37)14-8-28)31-21-25-36(26-22-31,29-9-15-33(38)16-10-29)30-11-17-34(39)18-12-30/h7-18,27,31,37-39H,2-6,19-26H2,1H3. The number of benzene rings is 3. The fraction of sp³-hybridized carbons (Fsp3) is 0.500. The molecule has 2 fully saturated rings. The Labute approximate surface area is 234 Å². The highest BCUT2D eigenvalue weighted by Crippen LogP contribution is 2.56. The van der Waals surface area contributed by atoms with Gasteiger partial charge in [-0.15, -0.1) is 0 Å². The third-order valence-corrected chi connectivity index (χ3v) is 10.4. The molecule has 0 heterocycles. The first-order chi connectivity index (χ1) is 18.9. The average molecular weight is 527 g/mol. The van der Waals surface area contributed by atoms with Crippen LogP contribution in [0, 0.1) is 11.8 Å². The lowest BCUT2D eigenvalue weighted by Gasteiger charge is -2.51. The minimum Gasteiger partial charge on any atom is -0.508 e. The SMILES string of the molecule is CCCCCCC1CCC(c2ccc(O)cc2)(C2CCC(c3ccc(O)cc3)(c3ccc(O)cc3)CC2)CC1. The van der Waals surface area contributed by atoms with Gasteiger partial charge in [0, 0.05) is 5.41 Å². The van der Waals surface area contributed by atoms with Crippen LogP contribution in [0.15, 0.2) is 72.8 Å². The van der Waals surface area contributed by atoms with Gasteiger partial charge in [-0.05, 0) is 122 Å². The first-order valence-corrected chi connectivity index (χ1v) is 15.3. The first-order valence-electron chi connectivity index (χ1n) is 15.3. The van der Waals surface area contributed by atoms with E-state index in [9.17, 15) is 15.3 Å². The van der Waals surface area contributed by atoms with Crippen LogP contribution >= 0.6 is 0 Å². The second kappa shape index (κ2) is 12.1. The number of phenolic OH excluding ortho intramolecular Hbond substituents is 3. The number of hydrogen-bond acceptors (Lipinski definition) is 3. The fourth-order valence-electron chi connectivity index (χ4n) is 8.04. The summed E-state index contributed by atoms with van der Waals surface area (Å²) >= 11 is 0. The van der Waals surface area contributed by atoms with Crippen LogP contribution in [0.25, 0.3) is 0 Å². The van der Waals surface area contributed by atoms with E-state index in [0.29, 0.717) is 23.2 Å². The number of rotatable bonds is 9. The molecule has 0 aromatic heterocycles. The predicted molar refractivity (Wildman–Crippen MR) is 159 cm³/mol. The molecule has 3 nitrogen and oxygen atoms in total. The Morgan fingerprint density at radius 1 is 0.564 bits per heavy atom. The summed E-state index contributed by atoms with van der Waals surface area (Å²) in [5.74, 6) is 2.40. The maximum atomic E-state index is 10.1. The van der Waals surface area contributed by atoms with E-state index in [-0.39, 0.29) is 10.8 Å². The molecule has 0 spiro atoms. The van der Waals surface area contributed by atoms with E-state index >= 15 is 0 Å². The minimum absolute atomic E-state index is 0.121. The Morgan fingerprint density at radius 2 is 1.03 bits per heavy atom. The lowest BCUT2D eigenvalue weighted by atomic mass is 9.53. The van der Waals surface area contributed by atoms with E-state index in [1.807, 2.05) is 36.4 Å². The zero-order valence-electron chi connectivity index (χ0n) is 23.6. The van der Waals surface area contributed by atoms with Crippen molar-refractivity contribution in [3.05, 3.63) is 89.5 Å². The molecule has 0 radical (unpaired) electrons. The van der Waals surface area contributed by atoms with Gasteiger partial charge in [0.1, 0.15) is 17.2 Å². The second-order valence-electron chi connectivity index (χ2n) is 12.4. The fourth-order valence-corrected chi connectivity index (χ4v) is 8.04. The lowest BCUT2D eigenvalue weighted by Crippen LogP contribution is -2.44. The molecular formula is C36H46O3. The number of hydrogen-bond donors (Lipinski definition) is 3. The number of aromatic hydroxyl groups is 3. The highest BCUT2D eigenvalue weighted by atomic mass is 16.3. The van der Waals surface area contributed by atoms with E-state index in [1.54, 1.807) is 0 Å². The van der Waals surface area contributed by atoms with Gasteiger partial charge >= 0.3 is 0 Å². The molecule has 2 aliphatic carbocycles. The van der Waals surface area contributed by atoms with E-state index in [1.165, 1.54) is 74.5 Å². The van der Waals surface area contributed by atoms with Crippen molar-refractivity contribution in [1.29, 1.82) is 0 Å². The Hall–Kier alpha value is -2.94. The average Bonchev–Trinajstić information content (AvgIpc) is 2.97. The van der Waals surface area contributed by atoms with Crippen molar-refractivity contribution < 1.29 is 15.3 Å². The Balaban J connectivity index is 1.40. The molecule has 3 aromatic rings. The van der Waals surface area contributed by atoms with Gasteiger partial charge in [0.05, 0.1) is 0 Å². The molecule has 0 amide bonds. The summed E-state index contributed by atoms with van der Waals surface area (Å²) < 4.78 is 0. The number of phenols is 3. The van der Waals surface area contributed by atoms with Crippen LogP contribution in [0.3, 0.4) is 0 Å². The largest absolute Gasteiger partial charge is 0.508 e. The molecule has 0 unspecified atom stereocenters. The van der Waals surface area contributed by atoms with Gasteiger partial charge in [0.2, 0.25) is 0 Å². The molecule has 3 N–H and O–H groups in total. The molecule has 0 atom stereocenters. The van der Waals surface area contributed by atoms with Gasteiger partial charge in [-0.2, -0.15) is 0 Å². The molecule has 0 bridgehead atoms. The predicted octanol–water partition coefficient (Wildman–Crippen LogP) is 9.38. The van der Waals surface area contributed by atoms with Crippen LogP contribution < -0.4 is 0 Å². The van der Waals surface area contributed by atoms with E-state index in [2.05, 4.69) is 43.3 Å². The summed E-state index contributed by atoms with van der Waals surface area (Å²) in [7, 11) is 0. The van der Waals surface area contributed by atoms with Crippen LogP contribution in [0.5, 0.6) is 17.2 Å². The maximum Gasteiger partial charge on any atom is 0.115 e. The normalized spacial score (nSPS) is 23.5. The summed E-state index contributed by atoms with van der Waals surface area (Å²) in [5.41, 5.74) is 3.96. The first kappa shape index (κ1) is 27.6. The van der Waals surface area contributed by atoms with Gasteiger partial charge in [-0.3, -0.25) is 0 Å². The van der Waals surface area contributed by atoms with Crippen molar-refractivity contribution in [2.75, 3.05) is 0 Å². The molecule has 5 rings (SSSR count). The van der Waals surface area contributed by atoms with Crippen LogP contribution in [0.4, 0.5) is 0 Å². The highest BCUT2D eigenvalue weighted by Gasteiger charge is 2.47. The highest BCUT2D eigenvalue weighted by molar-refractivity contribution is 5.44. The molecular weight excluding hydrogens is 480 g/mol. The molecule has 0 aliphatic heterocycles. The van der Waals surface area contributed by atoms with Gasteiger partial charge in [-0.1, -0.05) is 75.4 Å². The minimum atomic E-state index is -0.121. The summed E-state index contributed by atoms with van der Waals surface area (Å²) in [5, 5.41) is 30.0. The summed E-state index contributed by atoms with van der Waals surface area (Å²) in [6, 6.07) is 23.7. The van der Waals surface area contributed by atoms with Crippen molar-refractivity contribution in [1.82, 2.24) is 0 Å². The molecule has 2 aliphatic rings. The Bertz CT molecular complexity index is 1120. The number of unbranched alkanes of at least 4 members (excludes halogenated alkanes) is 3. The van der Waals surface area contributed by atoms with E-state index in [4.69, 9.17) is 0 Å². The van der Waals surface area contributed by atoms with E-state index < -0.39 is 0 Å². The molecule has 3 heteroatoms. The van der Waals surface area contributed by atoms with Crippen molar-refractivity contribution in [3.63, 3.8) is 0 Å². The van der Waals surface area contributed by atoms with Crippen LogP contribution in [-0.4, -0.2) is 15.3 Å². The van der Waals surface area contributed by atoms with Gasteiger partial charge in [0.15, 0.2) is 0 Å². The Kier molecular flexibility index (Phi) is 8.54. The Morgan fingerprint density at radius 3 is 1.49 bits per heavy atom. The zero-order valence-corrected chi connectivity index (χ0v) is 23.6. The van der Waals surface area contributed by atoms with Crippen molar-refractivity contribution in [3.8, 4) is 17.2 Å².